The van der Waals surface area contributed by atoms with Gasteiger partial charge in [0, 0.05) is 25.4 Å². The first-order chi connectivity index (χ1) is 10.9. The standard InChI is InChI=1S/C17H32N2O4/c1-4-5-6-7-10-15(20)19-14(3)12-16(21)18-11-8-9-13(2)17(22)23/h13-14H,4-12H2,1-3H3,(H,18,21)(H,19,20)(H,22,23). The van der Waals surface area contributed by atoms with E-state index in [0.29, 0.717) is 25.8 Å². The monoisotopic (exact) mass is 328 g/mol. The van der Waals surface area contributed by atoms with Gasteiger partial charge in [0.1, 0.15) is 0 Å². The van der Waals surface area contributed by atoms with Crippen molar-refractivity contribution in [2.24, 2.45) is 5.92 Å². The van der Waals surface area contributed by atoms with Crippen LogP contribution in [0, 0.1) is 5.92 Å². The number of nitrogens with one attached hydrogen (secondary N) is 2. The molecule has 3 N–H and O–H groups in total. The van der Waals surface area contributed by atoms with Crippen molar-refractivity contribution < 1.29 is 19.5 Å². The Hall–Kier alpha value is -1.59. The lowest BCUT2D eigenvalue weighted by atomic mass is 10.1. The molecule has 134 valence electrons. The first kappa shape index (κ1) is 21.4. The van der Waals surface area contributed by atoms with E-state index in [0.717, 1.165) is 25.7 Å². The molecule has 0 fully saturated rings. The summed E-state index contributed by atoms with van der Waals surface area (Å²) in [5.74, 6) is -1.33. The van der Waals surface area contributed by atoms with E-state index < -0.39 is 11.9 Å². The van der Waals surface area contributed by atoms with Gasteiger partial charge in [0.25, 0.3) is 0 Å². The van der Waals surface area contributed by atoms with Gasteiger partial charge in [-0.3, -0.25) is 14.4 Å². The molecule has 0 aliphatic carbocycles. The summed E-state index contributed by atoms with van der Waals surface area (Å²) >= 11 is 0. The lowest BCUT2D eigenvalue weighted by molar-refractivity contribution is -0.141. The summed E-state index contributed by atoms with van der Waals surface area (Å²) in [4.78, 5) is 34.1. The number of carboxylic acids is 1. The minimum Gasteiger partial charge on any atom is -0.481 e. The molecule has 0 spiro atoms. The Bertz CT molecular complexity index is 372. The zero-order valence-electron chi connectivity index (χ0n) is 14.7. The maximum atomic E-state index is 11.7. The van der Waals surface area contributed by atoms with Crippen molar-refractivity contribution in [3.63, 3.8) is 0 Å². The smallest absolute Gasteiger partial charge is 0.306 e. The molecular weight excluding hydrogens is 296 g/mol. The third kappa shape index (κ3) is 12.6. The van der Waals surface area contributed by atoms with Crippen LogP contribution in [0.3, 0.4) is 0 Å². The average molecular weight is 328 g/mol. The van der Waals surface area contributed by atoms with Crippen LogP contribution in [0.2, 0.25) is 0 Å². The minimum atomic E-state index is -0.813. The molecule has 23 heavy (non-hydrogen) atoms. The highest BCUT2D eigenvalue weighted by molar-refractivity contribution is 5.79. The largest absolute Gasteiger partial charge is 0.481 e. The topological polar surface area (TPSA) is 95.5 Å². The number of carboxylic acid groups (broad SMARTS) is 1. The molecule has 0 aliphatic rings. The molecule has 2 unspecified atom stereocenters. The minimum absolute atomic E-state index is 0.00307. The number of unbranched alkanes of at least 4 members (excludes halogenated alkanes) is 3. The van der Waals surface area contributed by atoms with Crippen LogP contribution < -0.4 is 10.6 Å². The number of hydrogen-bond acceptors (Lipinski definition) is 3. The van der Waals surface area contributed by atoms with E-state index >= 15 is 0 Å². The Morgan fingerprint density at radius 2 is 1.70 bits per heavy atom. The van der Waals surface area contributed by atoms with Crippen LogP contribution >= 0.6 is 0 Å². The molecule has 0 aromatic heterocycles. The van der Waals surface area contributed by atoms with Crippen molar-refractivity contribution in [2.75, 3.05) is 6.54 Å². The number of carbonyl (C=O) groups excluding carboxylic acids is 2. The first-order valence-corrected chi connectivity index (χ1v) is 8.65. The SMILES string of the molecule is CCCCCCC(=O)NC(C)CC(=O)NCCCC(C)C(=O)O. The summed E-state index contributed by atoms with van der Waals surface area (Å²) in [6, 6.07) is -0.188. The van der Waals surface area contributed by atoms with Gasteiger partial charge in [0.2, 0.25) is 11.8 Å². The number of hydrogen-bond donors (Lipinski definition) is 3. The number of amides is 2. The molecule has 6 nitrogen and oxygen atoms in total. The molecule has 2 amide bonds. The molecule has 0 rings (SSSR count). The Balaban J connectivity index is 3.72. The molecule has 6 heteroatoms. The highest BCUT2D eigenvalue weighted by Crippen LogP contribution is 2.05. The predicted octanol–water partition coefficient (Wildman–Crippen LogP) is 2.47. The molecule has 0 saturated heterocycles. The van der Waals surface area contributed by atoms with E-state index in [2.05, 4.69) is 17.6 Å². The molecule has 0 heterocycles. The van der Waals surface area contributed by atoms with Crippen molar-refractivity contribution in [1.29, 1.82) is 0 Å². The zero-order chi connectivity index (χ0) is 17.7. The van der Waals surface area contributed by atoms with Crippen molar-refractivity contribution in [1.82, 2.24) is 10.6 Å². The van der Waals surface area contributed by atoms with Gasteiger partial charge >= 0.3 is 5.97 Å². The Kier molecular flexibility index (Phi) is 12.0. The van der Waals surface area contributed by atoms with Gasteiger partial charge in [0.05, 0.1) is 5.92 Å². The van der Waals surface area contributed by atoms with Crippen LogP contribution in [0.1, 0.15) is 72.1 Å². The Morgan fingerprint density at radius 1 is 1.00 bits per heavy atom. The predicted molar refractivity (Wildman–Crippen MR) is 90.0 cm³/mol. The maximum absolute atomic E-state index is 11.7. The van der Waals surface area contributed by atoms with Crippen molar-refractivity contribution >= 4 is 17.8 Å². The fourth-order valence-corrected chi connectivity index (χ4v) is 2.22. The second-order valence-electron chi connectivity index (χ2n) is 6.21. The summed E-state index contributed by atoms with van der Waals surface area (Å²) in [5, 5.41) is 14.3. The lowest BCUT2D eigenvalue weighted by Gasteiger charge is -2.14. The summed E-state index contributed by atoms with van der Waals surface area (Å²) in [7, 11) is 0. The van der Waals surface area contributed by atoms with Gasteiger partial charge < -0.3 is 15.7 Å². The van der Waals surface area contributed by atoms with Gasteiger partial charge in [-0.25, -0.2) is 0 Å². The van der Waals surface area contributed by atoms with Gasteiger partial charge in [-0.15, -0.1) is 0 Å². The molecule has 0 radical (unpaired) electrons. The molecule has 0 saturated carbocycles. The number of aliphatic carboxylic acids is 1. The van der Waals surface area contributed by atoms with Gasteiger partial charge in [-0.2, -0.15) is 0 Å². The molecule has 0 aliphatic heterocycles. The fourth-order valence-electron chi connectivity index (χ4n) is 2.22. The molecule has 0 aromatic carbocycles. The molecule has 0 bridgehead atoms. The van der Waals surface area contributed by atoms with Gasteiger partial charge in [0.15, 0.2) is 0 Å². The van der Waals surface area contributed by atoms with Gasteiger partial charge in [-0.1, -0.05) is 33.1 Å². The lowest BCUT2D eigenvalue weighted by Crippen LogP contribution is -2.37. The quantitative estimate of drug-likeness (QED) is 0.453. The Morgan fingerprint density at radius 3 is 2.30 bits per heavy atom. The van der Waals surface area contributed by atoms with Crippen LogP contribution in [0.25, 0.3) is 0 Å². The normalized spacial score (nSPS) is 13.2. The zero-order valence-corrected chi connectivity index (χ0v) is 14.7. The van der Waals surface area contributed by atoms with Crippen LogP contribution in [-0.4, -0.2) is 35.5 Å². The van der Waals surface area contributed by atoms with E-state index in [1.54, 1.807) is 6.92 Å². The third-order valence-electron chi connectivity index (χ3n) is 3.71. The molecule has 2 atom stereocenters. The highest BCUT2D eigenvalue weighted by Gasteiger charge is 2.13. The highest BCUT2D eigenvalue weighted by atomic mass is 16.4. The summed E-state index contributed by atoms with van der Waals surface area (Å²) in [5.41, 5.74) is 0. The summed E-state index contributed by atoms with van der Waals surface area (Å²) in [6.07, 6.45) is 6.17. The number of rotatable bonds is 13. The van der Waals surface area contributed by atoms with E-state index in [9.17, 15) is 14.4 Å². The van der Waals surface area contributed by atoms with Gasteiger partial charge in [-0.05, 0) is 26.2 Å². The van der Waals surface area contributed by atoms with Crippen LogP contribution in [0.5, 0.6) is 0 Å². The second kappa shape index (κ2) is 12.9. The average Bonchev–Trinajstić information content (AvgIpc) is 2.47. The van der Waals surface area contributed by atoms with E-state index in [-0.39, 0.29) is 24.3 Å². The van der Waals surface area contributed by atoms with E-state index in [1.807, 2.05) is 6.92 Å². The van der Waals surface area contributed by atoms with E-state index in [1.165, 1.54) is 0 Å². The molecular formula is C17H32N2O4. The second-order valence-corrected chi connectivity index (χ2v) is 6.21. The molecule has 0 aromatic rings. The van der Waals surface area contributed by atoms with Crippen LogP contribution in [-0.2, 0) is 14.4 Å². The fraction of sp³-hybridized carbons (Fsp3) is 0.824. The summed E-state index contributed by atoms with van der Waals surface area (Å²) in [6.45, 7) is 6.06. The van der Waals surface area contributed by atoms with Crippen molar-refractivity contribution in [3.8, 4) is 0 Å². The van der Waals surface area contributed by atoms with Crippen molar-refractivity contribution in [2.45, 2.75) is 78.2 Å². The van der Waals surface area contributed by atoms with Crippen LogP contribution in [0.4, 0.5) is 0 Å². The van der Waals surface area contributed by atoms with Crippen LogP contribution in [0.15, 0.2) is 0 Å². The Labute approximate surface area is 139 Å². The number of carbonyl (C=O) groups is 3. The first-order valence-electron chi connectivity index (χ1n) is 8.65. The maximum Gasteiger partial charge on any atom is 0.306 e. The third-order valence-corrected chi connectivity index (χ3v) is 3.71. The van der Waals surface area contributed by atoms with Crippen molar-refractivity contribution in [3.05, 3.63) is 0 Å². The van der Waals surface area contributed by atoms with E-state index in [4.69, 9.17) is 5.11 Å². The summed E-state index contributed by atoms with van der Waals surface area (Å²) < 4.78 is 0.